The molecule has 0 radical (unpaired) electrons. The molecule has 3 rings (SSSR count). The number of nitro benzene ring substituents is 1. The average molecular weight is 459 g/mol. The van der Waals surface area contributed by atoms with E-state index in [4.69, 9.17) is 8.83 Å². The summed E-state index contributed by atoms with van der Waals surface area (Å²) in [6.45, 7) is 6.53. The second kappa shape index (κ2) is 10.6. The smallest absolute Gasteiger partial charge is 0.419 e. The van der Waals surface area contributed by atoms with Crippen LogP contribution in [0, 0.1) is 10.1 Å². The SMILES string of the molecule is CCN(CC)Cc1ccc(C(=O)NNC(=O)CCCn2c(=O)oc3cc([N+](=O)[O-])ccc32)o1. The summed E-state index contributed by atoms with van der Waals surface area (Å²) < 4.78 is 11.9. The van der Waals surface area contributed by atoms with Crippen molar-refractivity contribution < 1.29 is 23.3 Å². The van der Waals surface area contributed by atoms with Gasteiger partial charge >= 0.3 is 11.7 Å². The molecule has 1 aromatic carbocycles. The van der Waals surface area contributed by atoms with Gasteiger partial charge in [-0.2, -0.15) is 0 Å². The first-order valence-electron chi connectivity index (χ1n) is 10.5. The highest BCUT2D eigenvalue weighted by molar-refractivity contribution is 5.92. The molecule has 0 atom stereocenters. The number of amides is 2. The van der Waals surface area contributed by atoms with Crippen molar-refractivity contribution in [2.45, 2.75) is 39.8 Å². The quantitative estimate of drug-likeness (QED) is 0.345. The van der Waals surface area contributed by atoms with Gasteiger partial charge in [-0.25, -0.2) is 4.79 Å². The average Bonchev–Trinajstić information content (AvgIpc) is 3.39. The number of rotatable bonds is 10. The van der Waals surface area contributed by atoms with E-state index in [0.717, 1.165) is 13.1 Å². The Morgan fingerprint density at radius 2 is 1.88 bits per heavy atom. The zero-order valence-corrected chi connectivity index (χ0v) is 18.3. The second-order valence-electron chi connectivity index (χ2n) is 7.26. The van der Waals surface area contributed by atoms with Crippen molar-refractivity contribution in [2.24, 2.45) is 0 Å². The Morgan fingerprint density at radius 3 is 2.58 bits per heavy atom. The summed E-state index contributed by atoms with van der Waals surface area (Å²) in [6, 6.07) is 7.14. The van der Waals surface area contributed by atoms with Crippen molar-refractivity contribution in [3.8, 4) is 0 Å². The van der Waals surface area contributed by atoms with E-state index in [2.05, 4.69) is 15.8 Å². The largest absolute Gasteiger partial charge is 0.454 e. The molecule has 33 heavy (non-hydrogen) atoms. The Bertz CT molecular complexity index is 1210. The van der Waals surface area contributed by atoms with Gasteiger partial charge in [0.15, 0.2) is 11.3 Å². The van der Waals surface area contributed by atoms with Gasteiger partial charge in [-0.1, -0.05) is 13.8 Å². The fourth-order valence-corrected chi connectivity index (χ4v) is 3.28. The molecule has 0 saturated heterocycles. The van der Waals surface area contributed by atoms with Gasteiger partial charge in [0, 0.05) is 19.0 Å². The fourth-order valence-electron chi connectivity index (χ4n) is 3.28. The van der Waals surface area contributed by atoms with Gasteiger partial charge in [0.05, 0.1) is 23.1 Å². The molecule has 2 aromatic heterocycles. The first-order valence-corrected chi connectivity index (χ1v) is 10.5. The van der Waals surface area contributed by atoms with Crippen molar-refractivity contribution in [3.05, 3.63) is 62.5 Å². The number of furan rings is 1. The number of aryl methyl sites for hydroxylation is 1. The van der Waals surface area contributed by atoms with Crippen molar-refractivity contribution >= 4 is 28.6 Å². The van der Waals surface area contributed by atoms with Gasteiger partial charge in [0.25, 0.3) is 5.69 Å². The van der Waals surface area contributed by atoms with Crippen LogP contribution in [-0.4, -0.2) is 39.3 Å². The van der Waals surface area contributed by atoms with Crippen LogP contribution < -0.4 is 16.6 Å². The van der Waals surface area contributed by atoms with Crippen LogP contribution in [0.25, 0.3) is 11.1 Å². The van der Waals surface area contributed by atoms with Crippen LogP contribution in [0.1, 0.15) is 43.0 Å². The van der Waals surface area contributed by atoms with Crippen LogP contribution in [0.4, 0.5) is 5.69 Å². The minimum absolute atomic E-state index is 0.0255. The number of nitrogens with one attached hydrogen (secondary N) is 2. The summed E-state index contributed by atoms with van der Waals surface area (Å²) in [5, 5.41) is 10.8. The van der Waals surface area contributed by atoms with E-state index in [1.165, 1.54) is 22.8 Å². The predicted octanol–water partition coefficient (Wildman–Crippen LogP) is 2.18. The molecule has 0 saturated carbocycles. The third-order valence-corrected chi connectivity index (χ3v) is 5.12. The molecule has 0 aliphatic carbocycles. The van der Waals surface area contributed by atoms with E-state index in [9.17, 15) is 24.5 Å². The zero-order chi connectivity index (χ0) is 24.0. The lowest BCUT2D eigenvalue weighted by Crippen LogP contribution is -2.41. The predicted molar refractivity (Wildman–Crippen MR) is 117 cm³/mol. The third kappa shape index (κ3) is 5.86. The van der Waals surface area contributed by atoms with Gasteiger partial charge in [-0.15, -0.1) is 0 Å². The zero-order valence-electron chi connectivity index (χ0n) is 18.3. The Morgan fingerprint density at radius 1 is 1.12 bits per heavy atom. The lowest BCUT2D eigenvalue weighted by Gasteiger charge is -2.15. The number of aromatic nitrogens is 1. The van der Waals surface area contributed by atoms with Gasteiger partial charge in [0.1, 0.15) is 5.76 Å². The van der Waals surface area contributed by atoms with Crippen molar-refractivity contribution in [1.82, 2.24) is 20.3 Å². The Balaban J connectivity index is 1.48. The van der Waals surface area contributed by atoms with E-state index in [-0.39, 0.29) is 36.4 Å². The number of non-ortho nitro benzene ring substituents is 1. The standard InChI is InChI=1S/C21H25N5O7/c1-3-24(4-2)13-15-8-10-17(32-15)20(28)23-22-19(27)6-5-11-25-16-9-7-14(26(30)31)12-18(16)33-21(25)29/h7-10,12H,3-6,11,13H2,1-2H3,(H,22,27)(H,23,28). The molecule has 0 spiro atoms. The maximum absolute atomic E-state index is 12.2. The monoisotopic (exact) mass is 459 g/mol. The van der Waals surface area contributed by atoms with Gasteiger partial charge in [-0.05, 0) is 37.7 Å². The number of benzene rings is 1. The lowest BCUT2D eigenvalue weighted by molar-refractivity contribution is -0.384. The molecule has 0 aliphatic rings. The van der Waals surface area contributed by atoms with Crippen molar-refractivity contribution in [2.75, 3.05) is 13.1 Å². The molecule has 12 nitrogen and oxygen atoms in total. The topological polar surface area (TPSA) is 153 Å². The molecule has 2 N–H and O–H groups in total. The number of carbonyl (C=O) groups is 2. The van der Waals surface area contributed by atoms with Gasteiger partial charge in [0.2, 0.25) is 5.91 Å². The number of oxazole rings is 1. The highest BCUT2D eigenvalue weighted by Crippen LogP contribution is 2.20. The van der Waals surface area contributed by atoms with Crippen molar-refractivity contribution in [1.29, 1.82) is 0 Å². The maximum Gasteiger partial charge on any atom is 0.419 e. The summed E-state index contributed by atoms with van der Waals surface area (Å²) in [4.78, 5) is 48.7. The summed E-state index contributed by atoms with van der Waals surface area (Å²) in [5.74, 6) is -0.957. The van der Waals surface area contributed by atoms with Gasteiger partial charge in [-0.3, -0.25) is 40.0 Å². The molecule has 3 aromatic rings. The molecule has 12 heteroatoms. The van der Waals surface area contributed by atoms with Crippen LogP contribution in [-0.2, 0) is 17.9 Å². The highest BCUT2D eigenvalue weighted by Gasteiger charge is 2.16. The van der Waals surface area contributed by atoms with Gasteiger partial charge < -0.3 is 8.83 Å². The van der Waals surface area contributed by atoms with Crippen LogP contribution >= 0.6 is 0 Å². The molecule has 0 fully saturated rings. The molecule has 0 unspecified atom stereocenters. The Hall–Kier alpha value is -3.93. The third-order valence-electron chi connectivity index (χ3n) is 5.12. The first kappa shape index (κ1) is 23.7. The van der Waals surface area contributed by atoms with Crippen LogP contribution in [0.2, 0.25) is 0 Å². The molecule has 2 heterocycles. The Labute approximate surface area is 188 Å². The fraction of sp³-hybridized carbons (Fsp3) is 0.381. The number of nitrogens with zero attached hydrogens (tertiary/aromatic N) is 3. The molecule has 2 amide bonds. The summed E-state index contributed by atoms with van der Waals surface area (Å²) >= 11 is 0. The number of carbonyl (C=O) groups excluding carboxylic acids is 2. The van der Waals surface area contributed by atoms with Crippen LogP contribution in [0.3, 0.4) is 0 Å². The maximum atomic E-state index is 12.2. The van der Waals surface area contributed by atoms with E-state index in [0.29, 0.717) is 17.8 Å². The molecule has 0 bridgehead atoms. The van der Waals surface area contributed by atoms with E-state index in [1.807, 2.05) is 13.8 Å². The number of hydrazine groups is 1. The Kier molecular flexibility index (Phi) is 7.61. The first-order chi connectivity index (χ1) is 15.8. The molecule has 176 valence electrons. The summed E-state index contributed by atoms with van der Waals surface area (Å²) in [5.41, 5.74) is 4.93. The summed E-state index contributed by atoms with van der Waals surface area (Å²) in [7, 11) is 0. The van der Waals surface area contributed by atoms with Crippen LogP contribution in [0.5, 0.6) is 0 Å². The summed E-state index contributed by atoms with van der Waals surface area (Å²) in [6.07, 6.45) is 0.305. The van der Waals surface area contributed by atoms with E-state index >= 15 is 0 Å². The molecular formula is C21H25N5O7. The number of fused-ring (bicyclic) bond motifs is 1. The number of hydrogen-bond donors (Lipinski definition) is 2. The number of nitro groups is 1. The minimum Gasteiger partial charge on any atom is -0.454 e. The van der Waals surface area contributed by atoms with Crippen LogP contribution in [0.15, 0.2) is 44.0 Å². The minimum atomic E-state index is -0.669. The second-order valence-corrected chi connectivity index (χ2v) is 7.26. The highest BCUT2D eigenvalue weighted by atomic mass is 16.6. The van der Waals surface area contributed by atoms with E-state index < -0.39 is 22.5 Å². The lowest BCUT2D eigenvalue weighted by atomic mass is 10.2. The molecule has 0 aliphatic heterocycles. The van der Waals surface area contributed by atoms with Crippen molar-refractivity contribution in [3.63, 3.8) is 0 Å². The number of hydrogen-bond acceptors (Lipinski definition) is 8. The molecular weight excluding hydrogens is 434 g/mol. The van der Waals surface area contributed by atoms with E-state index in [1.54, 1.807) is 12.1 Å². The normalized spacial score (nSPS) is 11.1.